The summed E-state index contributed by atoms with van der Waals surface area (Å²) in [4.78, 5) is 25.3. The van der Waals surface area contributed by atoms with E-state index in [0.29, 0.717) is 18.4 Å². The van der Waals surface area contributed by atoms with E-state index < -0.39 is 18.1 Å². The SMILES string of the molecule is COc1ccc(COC(=O)NC2CCCCC2C(=O)NC(C#N)c2cccc(O)c2)cc1. The summed E-state index contributed by atoms with van der Waals surface area (Å²) >= 11 is 0. The third-order valence-corrected chi connectivity index (χ3v) is 5.55. The maximum atomic E-state index is 12.9. The van der Waals surface area contributed by atoms with Crippen molar-refractivity contribution in [3.63, 3.8) is 0 Å². The van der Waals surface area contributed by atoms with E-state index in [4.69, 9.17) is 9.47 Å². The number of nitrogens with one attached hydrogen (secondary N) is 2. The van der Waals surface area contributed by atoms with Crippen LogP contribution in [0.15, 0.2) is 48.5 Å². The first-order chi connectivity index (χ1) is 15.5. The second kappa shape index (κ2) is 11.0. The predicted molar refractivity (Wildman–Crippen MR) is 117 cm³/mol. The van der Waals surface area contributed by atoms with Gasteiger partial charge in [-0.15, -0.1) is 0 Å². The summed E-state index contributed by atoms with van der Waals surface area (Å²) in [7, 11) is 1.58. The number of aromatic hydroxyl groups is 1. The highest BCUT2D eigenvalue weighted by atomic mass is 16.5. The number of nitrogens with zero attached hydrogens (tertiary/aromatic N) is 1. The fourth-order valence-corrected chi connectivity index (χ4v) is 3.82. The molecule has 0 bridgehead atoms. The summed E-state index contributed by atoms with van der Waals surface area (Å²) in [6.07, 6.45) is 2.42. The Bertz CT molecular complexity index is 970. The van der Waals surface area contributed by atoms with Crippen LogP contribution < -0.4 is 15.4 Å². The first-order valence-corrected chi connectivity index (χ1v) is 10.6. The minimum absolute atomic E-state index is 0.0221. The molecule has 168 valence electrons. The molecular formula is C24H27N3O5. The minimum Gasteiger partial charge on any atom is -0.508 e. The molecule has 1 aliphatic rings. The lowest BCUT2D eigenvalue weighted by molar-refractivity contribution is -0.127. The Kier molecular flexibility index (Phi) is 7.92. The van der Waals surface area contributed by atoms with Crippen molar-refractivity contribution < 1.29 is 24.2 Å². The molecule has 32 heavy (non-hydrogen) atoms. The van der Waals surface area contributed by atoms with E-state index in [9.17, 15) is 20.0 Å². The largest absolute Gasteiger partial charge is 0.508 e. The molecule has 2 aromatic carbocycles. The van der Waals surface area contributed by atoms with Crippen LogP contribution in [0.1, 0.15) is 42.9 Å². The Morgan fingerprint density at radius 1 is 1.19 bits per heavy atom. The first-order valence-electron chi connectivity index (χ1n) is 10.6. The summed E-state index contributed by atoms with van der Waals surface area (Å²) in [6, 6.07) is 14.2. The molecule has 2 amide bonds. The van der Waals surface area contributed by atoms with Crippen LogP contribution in [0.2, 0.25) is 0 Å². The van der Waals surface area contributed by atoms with E-state index in [1.807, 2.05) is 12.1 Å². The number of nitriles is 1. The van der Waals surface area contributed by atoms with Crippen LogP contribution in [-0.4, -0.2) is 30.3 Å². The van der Waals surface area contributed by atoms with Crippen molar-refractivity contribution >= 4 is 12.0 Å². The number of rotatable bonds is 7. The van der Waals surface area contributed by atoms with Crippen molar-refractivity contribution in [1.29, 1.82) is 5.26 Å². The van der Waals surface area contributed by atoms with E-state index in [0.717, 1.165) is 24.2 Å². The van der Waals surface area contributed by atoms with E-state index in [-0.39, 0.29) is 24.3 Å². The molecule has 0 saturated heterocycles. The number of alkyl carbamates (subject to hydrolysis) is 1. The highest BCUT2D eigenvalue weighted by Gasteiger charge is 2.33. The number of carbonyl (C=O) groups is 2. The van der Waals surface area contributed by atoms with Crippen LogP contribution in [0.4, 0.5) is 4.79 Å². The van der Waals surface area contributed by atoms with Gasteiger partial charge in [-0.1, -0.05) is 37.1 Å². The van der Waals surface area contributed by atoms with Crippen LogP contribution in [0.3, 0.4) is 0 Å². The smallest absolute Gasteiger partial charge is 0.407 e. The average Bonchev–Trinajstić information content (AvgIpc) is 2.81. The number of carbonyl (C=O) groups excluding carboxylic acids is 2. The maximum Gasteiger partial charge on any atom is 0.407 e. The molecule has 3 atom stereocenters. The van der Waals surface area contributed by atoms with Crippen molar-refractivity contribution in [2.24, 2.45) is 5.92 Å². The number of benzene rings is 2. The number of ether oxygens (including phenoxy) is 2. The first kappa shape index (κ1) is 22.9. The molecule has 3 unspecified atom stereocenters. The zero-order valence-electron chi connectivity index (χ0n) is 17.9. The molecule has 0 aliphatic heterocycles. The molecular weight excluding hydrogens is 410 g/mol. The number of phenols is 1. The summed E-state index contributed by atoms with van der Waals surface area (Å²) in [6.45, 7) is 0.105. The van der Waals surface area contributed by atoms with Crippen molar-refractivity contribution in [3.05, 3.63) is 59.7 Å². The van der Waals surface area contributed by atoms with Gasteiger partial charge < -0.3 is 25.2 Å². The normalized spacial score (nSPS) is 18.6. The second-order valence-corrected chi connectivity index (χ2v) is 7.73. The van der Waals surface area contributed by atoms with Gasteiger partial charge >= 0.3 is 6.09 Å². The fraction of sp³-hybridized carbons (Fsp3) is 0.375. The average molecular weight is 437 g/mol. The Morgan fingerprint density at radius 2 is 1.94 bits per heavy atom. The Hall–Kier alpha value is -3.73. The fourth-order valence-electron chi connectivity index (χ4n) is 3.82. The predicted octanol–water partition coefficient (Wildman–Crippen LogP) is 3.57. The van der Waals surface area contributed by atoms with Crippen LogP contribution in [0.5, 0.6) is 11.5 Å². The van der Waals surface area contributed by atoms with Gasteiger partial charge in [-0.2, -0.15) is 5.26 Å². The number of amides is 2. The Labute approximate surface area is 187 Å². The maximum absolute atomic E-state index is 12.9. The summed E-state index contributed by atoms with van der Waals surface area (Å²) in [5.41, 5.74) is 1.32. The lowest BCUT2D eigenvalue weighted by atomic mass is 9.83. The standard InChI is InChI=1S/C24H27N3O5/c1-31-19-11-9-16(10-12-19)15-32-24(30)27-21-8-3-2-7-20(21)23(29)26-22(14-25)17-5-4-6-18(28)13-17/h4-6,9-13,20-22,28H,2-3,7-8,15H2,1H3,(H,26,29)(H,27,30). The molecule has 1 fully saturated rings. The highest BCUT2D eigenvalue weighted by molar-refractivity contribution is 5.81. The molecule has 3 N–H and O–H groups in total. The molecule has 8 nitrogen and oxygen atoms in total. The molecule has 3 rings (SSSR count). The van der Waals surface area contributed by atoms with E-state index in [1.54, 1.807) is 31.4 Å². The van der Waals surface area contributed by atoms with Gasteiger partial charge in [0, 0.05) is 6.04 Å². The van der Waals surface area contributed by atoms with Crippen LogP contribution in [-0.2, 0) is 16.1 Å². The lowest BCUT2D eigenvalue weighted by Gasteiger charge is -2.31. The molecule has 0 heterocycles. The van der Waals surface area contributed by atoms with Gasteiger partial charge in [0.25, 0.3) is 0 Å². The van der Waals surface area contributed by atoms with Crippen LogP contribution in [0.25, 0.3) is 0 Å². The lowest BCUT2D eigenvalue weighted by Crippen LogP contribution is -2.49. The van der Waals surface area contributed by atoms with Gasteiger partial charge in [0.15, 0.2) is 0 Å². The van der Waals surface area contributed by atoms with Gasteiger partial charge in [-0.05, 0) is 48.2 Å². The molecule has 2 aromatic rings. The van der Waals surface area contributed by atoms with Gasteiger partial charge in [0.1, 0.15) is 24.1 Å². The van der Waals surface area contributed by atoms with Gasteiger partial charge in [0.05, 0.1) is 19.1 Å². The molecule has 1 saturated carbocycles. The molecule has 0 spiro atoms. The number of phenolic OH excluding ortho intramolecular Hbond substituents is 1. The van der Waals surface area contributed by atoms with Crippen molar-refractivity contribution in [2.45, 2.75) is 44.4 Å². The van der Waals surface area contributed by atoms with Gasteiger partial charge in [-0.25, -0.2) is 4.79 Å². The van der Waals surface area contributed by atoms with Gasteiger partial charge in [0.2, 0.25) is 5.91 Å². The van der Waals surface area contributed by atoms with Crippen LogP contribution in [0, 0.1) is 17.2 Å². The monoisotopic (exact) mass is 437 g/mol. The third kappa shape index (κ3) is 6.14. The third-order valence-electron chi connectivity index (χ3n) is 5.55. The zero-order valence-corrected chi connectivity index (χ0v) is 17.9. The van der Waals surface area contributed by atoms with Crippen molar-refractivity contribution in [3.8, 4) is 17.6 Å². The van der Waals surface area contributed by atoms with Crippen LogP contribution >= 0.6 is 0 Å². The quantitative estimate of drug-likeness (QED) is 0.609. The molecule has 8 heteroatoms. The topological polar surface area (TPSA) is 121 Å². The van der Waals surface area contributed by atoms with Crippen molar-refractivity contribution in [1.82, 2.24) is 10.6 Å². The highest BCUT2D eigenvalue weighted by Crippen LogP contribution is 2.26. The summed E-state index contributed by atoms with van der Waals surface area (Å²) < 4.78 is 10.4. The molecule has 1 aliphatic carbocycles. The molecule has 0 radical (unpaired) electrons. The summed E-state index contributed by atoms with van der Waals surface area (Å²) in [5, 5.41) is 24.7. The van der Waals surface area contributed by atoms with E-state index in [2.05, 4.69) is 16.7 Å². The summed E-state index contributed by atoms with van der Waals surface area (Å²) in [5.74, 6) is -0.0324. The second-order valence-electron chi connectivity index (χ2n) is 7.73. The Morgan fingerprint density at radius 3 is 2.62 bits per heavy atom. The van der Waals surface area contributed by atoms with Crippen molar-refractivity contribution in [2.75, 3.05) is 7.11 Å². The Balaban J connectivity index is 1.57. The molecule has 0 aromatic heterocycles. The van der Waals surface area contributed by atoms with Gasteiger partial charge in [-0.3, -0.25) is 4.79 Å². The number of hydrogen-bond acceptors (Lipinski definition) is 6. The zero-order chi connectivity index (χ0) is 22.9. The number of methoxy groups -OCH3 is 1. The number of hydrogen-bond donors (Lipinski definition) is 3. The van der Waals surface area contributed by atoms with E-state index in [1.165, 1.54) is 12.1 Å². The van der Waals surface area contributed by atoms with E-state index >= 15 is 0 Å². The minimum atomic E-state index is -0.890.